The zero-order valence-electron chi connectivity index (χ0n) is 11.2. The number of carbonyl (C=O) groups excluding carboxylic acids is 1. The lowest BCUT2D eigenvalue weighted by molar-refractivity contribution is 0.0992. The molecule has 2 N–H and O–H groups in total. The molecule has 0 aliphatic carbocycles. The van der Waals surface area contributed by atoms with Gasteiger partial charge in [-0.3, -0.25) is 4.79 Å². The number of benzene rings is 2. The molecule has 0 saturated carbocycles. The molecule has 0 aliphatic heterocycles. The molecular formula is C14H13IN2O3S. The monoisotopic (exact) mass is 416 g/mol. The highest BCUT2D eigenvalue weighted by Crippen LogP contribution is 2.20. The highest BCUT2D eigenvalue weighted by molar-refractivity contribution is 14.1. The van der Waals surface area contributed by atoms with Gasteiger partial charge in [-0.1, -0.05) is 12.1 Å². The quantitative estimate of drug-likeness (QED) is 0.780. The minimum Gasteiger partial charge on any atom is -0.311 e. The van der Waals surface area contributed by atoms with Crippen LogP contribution in [0.3, 0.4) is 0 Å². The summed E-state index contributed by atoms with van der Waals surface area (Å²) in [6.45, 7) is 0. The minimum atomic E-state index is -3.73. The molecule has 0 aliphatic rings. The number of primary sulfonamides is 1. The number of anilines is 1. The molecule has 0 spiro atoms. The molecule has 2 rings (SSSR count). The maximum atomic E-state index is 12.4. The number of amides is 1. The number of halogens is 1. The van der Waals surface area contributed by atoms with Crippen molar-refractivity contribution in [2.24, 2.45) is 5.14 Å². The molecule has 1 amide bonds. The van der Waals surface area contributed by atoms with Crippen LogP contribution in [-0.4, -0.2) is 21.4 Å². The molecular weight excluding hydrogens is 403 g/mol. The largest absolute Gasteiger partial charge is 0.311 e. The Bertz CT molecular complexity index is 773. The second-order valence-corrected chi connectivity index (χ2v) is 7.11. The van der Waals surface area contributed by atoms with Crippen LogP contribution in [0.25, 0.3) is 0 Å². The summed E-state index contributed by atoms with van der Waals surface area (Å²) >= 11 is 2.10. The summed E-state index contributed by atoms with van der Waals surface area (Å²) in [5.74, 6) is -0.164. The Hall–Kier alpha value is -1.45. The third kappa shape index (κ3) is 3.60. The van der Waals surface area contributed by atoms with E-state index < -0.39 is 10.0 Å². The van der Waals surface area contributed by atoms with Crippen LogP contribution >= 0.6 is 22.6 Å². The van der Waals surface area contributed by atoms with E-state index in [0.29, 0.717) is 11.3 Å². The molecule has 0 bridgehead atoms. The Kier molecular flexibility index (Phi) is 4.64. The molecule has 0 saturated heterocycles. The summed E-state index contributed by atoms with van der Waals surface area (Å²) in [4.78, 5) is 13.9. The summed E-state index contributed by atoms with van der Waals surface area (Å²) in [6.07, 6.45) is 0. The minimum absolute atomic E-state index is 0.0152. The highest BCUT2D eigenvalue weighted by Gasteiger charge is 2.16. The lowest BCUT2D eigenvalue weighted by atomic mass is 10.2. The second-order valence-electron chi connectivity index (χ2n) is 4.38. The predicted molar refractivity (Wildman–Crippen MR) is 89.7 cm³/mol. The standard InChI is InChI=1S/C14H13IN2O3S/c1-17(14(18)12-4-2-3-5-13(12)15)10-6-8-11(9-7-10)21(16,19)20/h2-9H,1H3,(H2,16,19,20). The molecule has 0 heterocycles. The van der Waals surface area contributed by atoms with Gasteiger partial charge in [0.15, 0.2) is 0 Å². The van der Waals surface area contributed by atoms with Crippen molar-refractivity contribution in [3.63, 3.8) is 0 Å². The van der Waals surface area contributed by atoms with Gasteiger partial charge >= 0.3 is 0 Å². The Labute approximate surface area is 137 Å². The first kappa shape index (κ1) is 15.9. The van der Waals surface area contributed by atoms with E-state index >= 15 is 0 Å². The zero-order chi connectivity index (χ0) is 15.6. The average Bonchev–Trinajstić information content (AvgIpc) is 2.45. The van der Waals surface area contributed by atoms with Gasteiger partial charge in [-0.2, -0.15) is 0 Å². The van der Waals surface area contributed by atoms with Crippen LogP contribution < -0.4 is 10.0 Å². The van der Waals surface area contributed by atoms with E-state index in [1.165, 1.54) is 17.0 Å². The number of sulfonamides is 1. The van der Waals surface area contributed by atoms with Crippen LogP contribution in [0.1, 0.15) is 10.4 Å². The molecule has 0 unspecified atom stereocenters. The van der Waals surface area contributed by atoms with Crippen LogP contribution in [0.2, 0.25) is 0 Å². The Morgan fingerprint density at radius 2 is 1.67 bits per heavy atom. The van der Waals surface area contributed by atoms with Gasteiger partial charge in [-0.25, -0.2) is 13.6 Å². The third-order valence-corrected chi connectivity index (χ3v) is 4.83. The predicted octanol–water partition coefficient (Wildman–Crippen LogP) is 2.22. The van der Waals surface area contributed by atoms with E-state index in [1.807, 2.05) is 12.1 Å². The number of hydrogen-bond donors (Lipinski definition) is 1. The van der Waals surface area contributed by atoms with Crippen molar-refractivity contribution in [3.05, 3.63) is 57.7 Å². The highest BCUT2D eigenvalue weighted by atomic mass is 127. The Morgan fingerprint density at radius 1 is 1.10 bits per heavy atom. The fourth-order valence-electron chi connectivity index (χ4n) is 1.79. The Morgan fingerprint density at radius 3 is 2.19 bits per heavy atom. The van der Waals surface area contributed by atoms with Gasteiger partial charge in [0.05, 0.1) is 10.5 Å². The number of nitrogens with two attached hydrogens (primary N) is 1. The Balaban J connectivity index is 2.30. The van der Waals surface area contributed by atoms with Crippen molar-refractivity contribution in [2.75, 3.05) is 11.9 Å². The van der Waals surface area contributed by atoms with Gasteiger partial charge in [0.1, 0.15) is 0 Å². The molecule has 0 fully saturated rings. The summed E-state index contributed by atoms with van der Waals surface area (Å²) in [6, 6.07) is 13.1. The van der Waals surface area contributed by atoms with Gasteiger partial charge in [0.2, 0.25) is 10.0 Å². The maximum absolute atomic E-state index is 12.4. The molecule has 5 nitrogen and oxygen atoms in total. The van der Waals surface area contributed by atoms with Crippen LogP contribution in [0.15, 0.2) is 53.4 Å². The molecule has 2 aromatic rings. The second kappa shape index (κ2) is 6.12. The lowest BCUT2D eigenvalue weighted by Crippen LogP contribution is -2.27. The molecule has 110 valence electrons. The number of hydrogen-bond acceptors (Lipinski definition) is 3. The van der Waals surface area contributed by atoms with Crippen molar-refractivity contribution in [1.29, 1.82) is 0 Å². The number of rotatable bonds is 3. The topological polar surface area (TPSA) is 80.5 Å². The number of nitrogens with zero attached hydrogens (tertiary/aromatic N) is 1. The lowest BCUT2D eigenvalue weighted by Gasteiger charge is -2.18. The zero-order valence-corrected chi connectivity index (χ0v) is 14.1. The summed E-state index contributed by atoms with van der Waals surface area (Å²) in [5, 5.41) is 5.04. The van der Waals surface area contributed by atoms with Gasteiger partial charge in [0.25, 0.3) is 5.91 Å². The van der Waals surface area contributed by atoms with Crippen LogP contribution in [0, 0.1) is 3.57 Å². The van der Waals surface area contributed by atoms with Crippen molar-refractivity contribution in [3.8, 4) is 0 Å². The first-order valence-electron chi connectivity index (χ1n) is 5.96. The molecule has 0 aromatic heterocycles. The van der Waals surface area contributed by atoms with Crippen LogP contribution in [-0.2, 0) is 10.0 Å². The van der Waals surface area contributed by atoms with Crippen molar-refractivity contribution >= 4 is 44.2 Å². The fraction of sp³-hybridized carbons (Fsp3) is 0.0714. The molecule has 21 heavy (non-hydrogen) atoms. The first-order valence-corrected chi connectivity index (χ1v) is 8.58. The van der Waals surface area contributed by atoms with Crippen molar-refractivity contribution in [2.45, 2.75) is 4.90 Å². The maximum Gasteiger partial charge on any atom is 0.259 e. The average molecular weight is 416 g/mol. The number of carbonyl (C=O) groups is 1. The summed E-state index contributed by atoms with van der Waals surface area (Å²) in [7, 11) is -2.09. The van der Waals surface area contributed by atoms with E-state index in [1.54, 1.807) is 31.3 Å². The van der Waals surface area contributed by atoms with Crippen molar-refractivity contribution < 1.29 is 13.2 Å². The molecule has 0 atom stereocenters. The van der Waals surface area contributed by atoms with Gasteiger partial charge in [0, 0.05) is 16.3 Å². The first-order chi connectivity index (χ1) is 9.80. The SMILES string of the molecule is CN(C(=O)c1ccccc1I)c1ccc(S(N)(=O)=O)cc1. The van der Waals surface area contributed by atoms with E-state index in [-0.39, 0.29) is 10.8 Å². The normalized spacial score (nSPS) is 11.2. The fourth-order valence-corrected chi connectivity index (χ4v) is 2.93. The van der Waals surface area contributed by atoms with E-state index in [9.17, 15) is 13.2 Å². The molecule has 2 aromatic carbocycles. The van der Waals surface area contributed by atoms with E-state index in [2.05, 4.69) is 22.6 Å². The van der Waals surface area contributed by atoms with E-state index in [0.717, 1.165) is 3.57 Å². The van der Waals surface area contributed by atoms with Gasteiger partial charge < -0.3 is 4.90 Å². The third-order valence-electron chi connectivity index (χ3n) is 2.96. The smallest absolute Gasteiger partial charge is 0.259 e. The summed E-state index contributed by atoms with van der Waals surface area (Å²) in [5.41, 5.74) is 1.18. The van der Waals surface area contributed by atoms with E-state index in [4.69, 9.17) is 5.14 Å². The van der Waals surface area contributed by atoms with Gasteiger partial charge in [-0.05, 0) is 59.0 Å². The molecule has 7 heteroatoms. The van der Waals surface area contributed by atoms with Crippen molar-refractivity contribution in [1.82, 2.24) is 0 Å². The van der Waals surface area contributed by atoms with Crippen LogP contribution in [0.5, 0.6) is 0 Å². The molecule has 0 radical (unpaired) electrons. The van der Waals surface area contributed by atoms with Gasteiger partial charge in [-0.15, -0.1) is 0 Å². The summed E-state index contributed by atoms with van der Waals surface area (Å²) < 4.78 is 23.3. The van der Waals surface area contributed by atoms with Crippen LogP contribution in [0.4, 0.5) is 5.69 Å².